The highest BCUT2D eigenvalue weighted by Crippen LogP contribution is 2.24. The molecule has 0 aliphatic carbocycles. The van der Waals surface area contributed by atoms with Crippen molar-refractivity contribution in [2.45, 2.75) is 17.3 Å². The normalized spacial score (nSPS) is 10.8. The van der Waals surface area contributed by atoms with Crippen molar-refractivity contribution in [3.63, 3.8) is 0 Å². The summed E-state index contributed by atoms with van der Waals surface area (Å²) in [6.45, 7) is 0.292. The Bertz CT molecular complexity index is 1380. The van der Waals surface area contributed by atoms with Gasteiger partial charge in [0.25, 0.3) is 11.6 Å². The molecule has 37 heavy (non-hydrogen) atoms. The Labute approximate surface area is 223 Å². The van der Waals surface area contributed by atoms with E-state index < -0.39 is 4.92 Å². The van der Waals surface area contributed by atoms with Gasteiger partial charge in [0.15, 0.2) is 0 Å². The Morgan fingerprint density at radius 2 is 1.57 bits per heavy atom. The highest BCUT2D eigenvalue weighted by Gasteiger charge is 2.06. The number of hydrogen-bond donors (Lipinski definition) is 1. The Morgan fingerprint density at radius 1 is 0.919 bits per heavy atom. The number of rotatable bonds is 10. The Morgan fingerprint density at radius 3 is 2.22 bits per heavy atom. The molecule has 1 N–H and O–H groups in total. The van der Waals surface area contributed by atoms with Gasteiger partial charge in [0, 0.05) is 33.4 Å². The second kappa shape index (κ2) is 12.7. The summed E-state index contributed by atoms with van der Waals surface area (Å²) in [5.41, 5.74) is 5.82. The van der Waals surface area contributed by atoms with Crippen molar-refractivity contribution in [3.8, 4) is 5.75 Å². The molecule has 0 spiro atoms. The largest absolute Gasteiger partial charge is 0.489 e. The zero-order valence-electron chi connectivity index (χ0n) is 19.5. The third-order valence-electron chi connectivity index (χ3n) is 5.25. The van der Waals surface area contributed by atoms with Crippen LogP contribution in [0.3, 0.4) is 0 Å². The quantitative estimate of drug-likeness (QED) is 0.104. The van der Waals surface area contributed by atoms with Gasteiger partial charge in [-0.3, -0.25) is 14.9 Å². The van der Waals surface area contributed by atoms with Crippen LogP contribution in [-0.4, -0.2) is 17.0 Å². The molecule has 4 aromatic rings. The van der Waals surface area contributed by atoms with Crippen LogP contribution in [0.4, 0.5) is 5.69 Å². The number of carbonyl (C=O) groups excluding carboxylic acids is 1. The number of nitro benzene ring substituents is 1. The molecule has 1 amide bonds. The molecular weight excluding hydrogens is 510 g/mol. The average Bonchev–Trinajstić information content (AvgIpc) is 2.93. The molecule has 0 atom stereocenters. The number of hydrogen-bond acceptors (Lipinski definition) is 6. The SMILES string of the molecule is O=C(N/N=C\c1ccc(OCc2ccc([N+](=O)[O-])cc2)cc1)c1ccc(CSc2ccc(Cl)cc2)cc1. The van der Waals surface area contributed by atoms with E-state index in [1.54, 1.807) is 54.4 Å². The van der Waals surface area contributed by atoms with E-state index in [4.69, 9.17) is 16.3 Å². The van der Waals surface area contributed by atoms with Gasteiger partial charge in [-0.2, -0.15) is 5.10 Å². The van der Waals surface area contributed by atoms with Crippen LogP contribution < -0.4 is 10.2 Å². The van der Waals surface area contributed by atoms with Crippen molar-refractivity contribution in [2.24, 2.45) is 5.10 Å². The lowest BCUT2D eigenvalue weighted by Gasteiger charge is -2.06. The minimum Gasteiger partial charge on any atom is -0.489 e. The van der Waals surface area contributed by atoms with Gasteiger partial charge in [-0.05, 0) is 89.5 Å². The van der Waals surface area contributed by atoms with Crippen molar-refractivity contribution < 1.29 is 14.5 Å². The van der Waals surface area contributed by atoms with Gasteiger partial charge >= 0.3 is 0 Å². The number of hydrazone groups is 1. The van der Waals surface area contributed by atoms with E-state index in [2.05, 4.69) is 10.5 Å². The fourth-order valence-corrected chi connectivity index (χ4v) is 4.19. The number of amides is 1. The minimum atomic E-state index is -0.437. The van der Waals surface area contributed by atoms with Crippen LogP contribution >= 0.6 is 23.4 Å². The molecule has 186 valence electrons. The summed E-state index contributed by atoms with van der Waals surface area (Å²) in [4.78, 5) is 23.8. The predicted molar refractivity (Wildman–Crippen MR) is 146 cm³/mol. The molecule has 0 saturated heterocycles. The molecule has 0 aliphatic rings. The van der Waals surface area contributed by atoms with Gasteiger partial charge in [0.1, 0.15) is 12.4 Å². The van der Waals surface area contributed by atoms with Crippen molar-refractivity contribution in [1.82, 2.24) is 5.43 Å². The maximum atomic E-state index is 12.4. The Balaban J connectivity index is 1.22. The molecule has 0 radical (unpaired) electrons. The summed E-state index contributed by atoms with van der Waals surface area (Å²) in [5, 5.41) is 15.5. The number of nitro groups is 1. The Hall–Kier alpha value is -4.14. The third kappa shape index (κ3) is 7.93. The second-order valence-electron chi connectivity index (χ2n) is 7.92. The van der Waals surface area contributed by atoms with Crippen LogP contribution in [-0.2, 0) is 12.4 Å². The smallest absolute Gasteiger partial charge is 0.271 e. The topological polar surface area (TPSA) is 93.8 Å². The third-order valence-corrected chi connectivity index (χ3v) is 6.58. The van der Waals surface area contributed by atoms with E-state index in [9.17, 15) is 14.9 Å². The number of halogens is 1. The molecular formula is C28H22ClN3O4S. The van der Waals surface area contributed by atoms with Crippen molar-refractivity contribution in [1.29, 1.82) is 0 Å². The van der Waals surface area contributed by atoms with E-state index >= 15 is 0 Å². The molecule has 0 unspecified atom stereocenters. The van der Waals surface area contributed by atoms with Gasteiger partial charge in [-0.25, -0.2) is 5.43 Å². The highest BCUT2D eigenvalue weighted by atomic mass is 35.5. The summed E-state index contributed by atoms with van der Waals surface area (Å²) < 4.78 is 5.71. The first-order valence-electron chi connectivity index (χ1n) is 11.2. The lowest BCUT2D eigenvalue weighted by molar-refractivity contribution is -0.384. The predicted octanol–water partition coefficient (Wildman–Crippen LogP) is 6.88. The fourth-order valence-electron chi connectivity index (χ4n) is 3.21. The molecule has 0 aromatic heterocycles. The summed E-state index contributed by atoms with van der Waals surface area (Å²) in [7, 11) is 0. The number of thioether (sulfide) groups is 1. The average molecular weight is 532 g/mol. The standard InChI is InChI=1S/C28H22ClN3O4S/c29-24-9-15-27(16-10-24)37-19-22-1-7-23(8-2-22)28(33)31-30-17-20-5-13-26(14-6-20)36-18-21-3-11-25(12-4-21)32(34)35/h1-17H,18-19H2,(H,31,33)/b30-17-. The van der Waals surface area contributed by atoms with Crippen LogP contribution in [0.2, 0.25) is 5.02 Å². The number of nitrogens with one attached hydrogen (secondary N) is 1. The molecule has 9 heteroatoms. The molecule has 7 nitrogen and oxygen atoms in total. The van der Waals surface area contributed by atoms with Gasteiger partial charge in [0.2, 0.25) is 0 Å². The van der Waals surface area contributed by atoms with Crippen LogP contribution in [0.25, 0.3) is 0 Å². The lowest BCUT2D eigenvalue weighted by atomic mass is 10.1. The zero-order chi connectivity index (χ0) is 26.0. The molecule has 0 aliphatic heterocycles. The van der Waals surface area contributed by atoms with Crippen LogP contribution in [0.5, 0.6) is 5.75 Å². The van der Waals surface area contributed by atoms with E-state index in [0.29, 0.717) is 22.9 Å². The van der Waals surface area contributed by atoms with Gasteiger partial charge in [-0.15, -0.1) is 11.8 Å². The summed E-state index contributed by atoms with van der Waals surface area (Å²) >= 11 is 7.62. The summed E-state index contributed by atoms with van der Waals surface area (Å²) in [6.07, 6.45) is 1.55. The zero-order valence-corrected chi connectivity index (χ0v) is 21.1. The number of ether oxygens (including phenoxy) is 1. The first kappa shape index (κ1) is 25.9. The number of non-ortho nitro benzene ring substituents is 1. The van der Waals surface area contributed by atoms with Crippen molar-refractivity contribution in [2.75, 3.05) is 0 Å². The van der Waals surface area contributed by atoms with E-state index in [1.165, 1.54) is 12.1 Å². The number of carbonyl (C=O) groups is 1. The number of benzene rings is 4. The van der Waals surface area contributed by atoms with Crippen LogP contribution in [0, 0.1) is 10.1 Å². The fraction of sp³-hybridized carbons (Fsp3) is 0.0714. The first-order chi connectivity index (χ1) is 18.0. The monoisotopic (exact) mass is 531 g/mol. The molecule has 0 fully saturated rings. The highest BCUT2D eigenvalue weighted by molar-refractivity contribution is 7.98. The Kier molecular flexibility index (Phi) is 8.91. The second-order valence-corrected chi connectivity index (χ2v) is 9.41. The van der Waals surface area contributed by atoms with Crippen LogP contribution in [0.15, 0.2) is 107 Å². The molecule has 0 saturated carbocycles. The van der Waals surface area contributed by atoms with E-state index in [0.717, 1.165) is 27.3 Å². The molecule has 4 rings (SSSR count). The lowest BCUT2D eigenvalue weighted by Crippen LogP contribution is -2.17. The summed E-state index contributed by atoms with van der Waals surface area (Å²) in [5.74, 6) is 1.14. The number of nitrogens with zero attached hydrogens (tertiary/aromatic N) is 2. The molecule has 0 bridgehead atoms. The maximum Gasteiger partial charge on any atom is 0.271 e. The van der Waals surface area contributed by atoms with Crippen molar-refractivity contribution in [3.05, 3.63) is 134 Å². The van der Waals surface area contributed by atoms with Crippen molar-refractivity contribution >= 4 is 41.2 Å². The van der Waals surface area contributed by atoms with E-state index in [-0.39, 0.29) is 11.6 Å². The van der Waals surface area contributed by atoms with Crippen LogP contribution in [0.1, 0.15) is 27.0 Å². The molecule has 0 heterocycles. The van der Waals surface area contributed by atoms with E-state index in [1.807, 2.05) is 48.5 Å². The van der Waals surface area contributed by atoms with Gasteiger partial charge in [-0.1, -0.05) is 23.7 Å². The van der Waals surface area contributed by atoms with Gasteiger partial charge in [0.05, 0.1) is 11.1 Å². The van der Waals surface area contributed by atoms with Gasteiger partial charge < -0.3 is 4.74 Å². The maximum absolute atomic E-state index is 12.4. The first-order valence-corrected chi connectivity index (χ1v) is 12.6. The minimum absolute atomic E-state index is 0.0424. The summed E-state index contributed by atoms with van der Waals surface area (Å²) in [6, 6.07) is 28.5. The molecule has 4 aromatic carbocycles.